The smallest absolute Gasteiger partial charge is 0.276 e. The van der Waals surface area contributed by atoms with Gasteiger partial charge in [-0.15, -0.1) is 0 Å². The number of carbonyl (C=O) groups is 1. The van der Waals surface area contributed by atoms with E-state index in [4.69, 9.17) is 39.5 Å². The lowest BCUT2D eigenvalue weighted by Gasteiger charge is -2.13. The van der Waals surface area contributed by atoms with Crippen molar-refractivity contribution < 1.29 is 14.5 Å². The van der Waals surface area contributed by atoms with E-state index in [0.717, 1.165) is 6.07 Å². The summed E-state index contributed by atoms with van der Waals surface area (Å²) in [5.41, 5.74) is -0.0156. The molecular formula is C9H7Cl3N2O4. The van der Waals surface area contributed by atoms with E-state index in [1.54, 1.807) is 0 Å². The number of amides is 1. The molecule has 0 atom stereocenters. The van der Waals surface area contributed by atoms with E-state index in [1.165, 1.54) is 19.2 Å². The third-order valence-electron chi connectivity index (χ3n) is 1.90. The van der Waals surface area contributed by atoms with Gasteiger partial charge in [-0.05, 0) is 6.07 Å². The third kappa shape index (κ3) is 3.63. The number of halogens is 3. The summed E-state index contributed by atoms with van der Waals surface area (Å²) in [5, 5.41) is 12.8. The molecule has 1 rings (SSSR count). The number of nitrogens with one attached hydrogen (secondary N) is 1. The summed E-state index contributed by atoms with van der Waals surface area (Å²) in [4.78, 5) is 21.4. The van der Waals surface area contributed by atoms with Crippen LogP contribution in [0.4, 0.5) is 11.4 Å². The van der Waals surface area contributed by atoms with Crippen LogP contribution in [-0.4, -0.2) is 21.7 Å². The van der Waals surface area contributed by atoms with Crippen molar-refractivity contribution in [3.05, 3.63) is 28.3 Å². The topological polar surface area (TPSA) is 81.5 Å². The van der Waals surface area contributed by atoms with Crippen LogP contribution < -0.4 is 10.1 Å². The van der Waals surface area contributed by atoms with Crippen LogP contribution in [0, 0.1) is 10.1 Å². The van der Waals surface area contributed by atoms with E-state index in [9.17, 15) is 14.9 Å². The summed E-state index contributed by atoms with van der Waals surface area (Å²) < 4.78 is 2.77. The fourth-order valence-corrected chi connectivity index (χ4v) is 1.23. The molecule has 1 aromatic rings. The molecule has 0 unspecified atom stereocenters. The third-order valence-corrected chi connectivity index (χ3v) is 2.42. The van der Waals surface area contributed by atoms with Gasteiger partial charge in [-0.2, -0.15) is 0 Å². The number of benzene rings is 1. The summed E-state index contributed by atoms with van der Waals surface area (Å²) in [6.45, 7) is 0. The maximum Gasteiger partial charge on any atom is 0.276 e. The highest BCUT2D eigenvalue weighted by atomic mass is 35.6. The van der Waals surface area contributed by atoms with Crippen LogP contribution in [0.1, 0.15) is 0 Å². The van der Waals surface area contributed by atoms with Gasteiger partial charge in [-0.3, -0.25) is 14.9 Å². The minimum atomic E-state index is -2.13. The van der Waals surface area contributed by atoms with Gasteiger partial charge >= 0.3 is 0 Å². The zero-order valence-electron chi connectivity index (χ0n) is 8.95. The van der Waals surface area contributed by atoms with Gasteiger partial charge in [0.15, 0.2) is 0 Å². The van der Waals surface area contributed by atoms with E-state index >= 15 is 0 Å². The SMILES string of the molecule is COc1cc([N+](=O)[O-])ccc1NC(=O)C(Cl)(Cl)Cl. The number of hydrogen-bond acceptors (Lipinski definition) is 4. The molecule has 1 aromatic carbocycles. The molecule has 0 aliphatic carbocycles. The van der Waals surface area contributed by atoms with Crippen molar-refractivity contribution in [2.45, 2.75) is 3.79 Å². The Balaban J connectivity index is 3.04. The second-order valence-electron chi connectivity index (χ2n) is 3.09. The number of anilines is 1. The number of carbonyl (C=O) groups excluding carboxylic acids is 1. The average Bonchev–Trinajstić information content (AvgIpc) is 2.27. The molecule has 1 N–H and O–H groups in total. The van der Waals surface area contributed by atoms with Gasteiger partial charge in [-0.25, -0.2) is 0 Å². The van der Waals surface area contributed by atoms with Gasteiger partial charge < -0.3 is 10.1 Å². The molecule has 0 saturated heterocycles. The van der Waals surface area contributed by atoms with Crippen LogP contribution in [-0.2, 0) is 4.79 Å². The van der Waals surface area contributed by atoms with Gasteiger partial charge in [0.05, 0.1) is 23.8 Å². The molecule has 0 aliphatic rings. The zero-order chi connectivity index (χ0) is 13.9. The highest BCUT2D eigenvalue weighted by Gasteiger charge is 2.31. The lowest BCUT2D eigenvalue weighted by atomic mass is 10.2. The molecule has 0 bridgehead atoms. The van der Waals surface area contributed by atoms with Crippen molar-refractivity contribution in [2.24, 2.45) is 0 Å². The Bertz CT molecular complexity index is 487. The maximum atomic E-state index is 11.4. The Labute approximate surface area is 117 Å². The van der Waals surface area contributed by atoms with Crippen molar-refractivity contribution in [1.82, 2.24) is 0 Å². The van der Waals surface area contributed by atoms with E-state index < -0.39 is 14.6 Å². The average molecular weight is 314 g/mol. The maximum absolute atomic E-state index is 11.4. The number of hydrogen-bond donors (Lipinski definition) is 1. The van der Waals surface area contributed by atoms with Crippen molar-refractivity contribution >= 4 is 52.1 Å². The van der Waals surface area contributed by atoms with Crippen molar-refractivity contribution in [2.75, 3.05) is 12.4 Å². The number of nitrogens with zero attached hydrogens (tertiary/aromatic N) is 1. The van der Waals surface area contributed by atoms with Crippen LogP contribution >= 0.6 is 34.8 Å². The quantitative estimate of drug-likeness (QED) is 0.528. The number of rotatable bonds is 3. The largest absolute Gasteiger partial charge is 0.494 e. The number of nitro groups is 1. The van der Waals surface area contributed by atoms with Crippen LogP contribution in [0.5, 0.6) is 5.75 Å². The summed E-state index contributed by atoms with van der Waals surface area (Å²) >= 11 is 16.1. The van der Waals surface area contributed by atoms with E-state index in [-0.39, 0.29) is 17.1 Å². The Kier molecular flexibility index (Phi) is 4.61. The Morgan fingerprint density at radius 1 is 1.44 bits per heavy atom. The summed E-state index contributed by atoms with van der Waals surface area (Å²) in [6.07, 6.45) is 0. The molecule has 0 spiro atoms. The lowest BCUT2D eigenvalue weighted by molar-refractivity contribution is -0.384. The second kappa shape index (κ2) is 5.60. The minimum absolute atomic E-state index is 0.0896. The van der Waals surface area contributed by atoms with E-state index in [0.29, 0.717) is 0 Å². The first-order valence-electron chi connectivity index (χ1n) is 4.46. The number of non-ortho nitro benzene ring substituents is 1. The lowest BCUT2D eigenvalue weighted by Crippen LogP contribution is -2.27. The molecule has 0 saturated carbocycles. The minimum Gasteiger partial charge on any atom is -0.494 e. The molecular weight excluding hydrogens is 306 g/mol. The number of nitro benzene ring substituents is 1. The van der Waals surface area contributed by atoms with Gasteiger partial charge in [0, 0.05) is 6.07 Å². The van der Waals surface area contributed by atoms with Crippen LogP contribution in [0.25, 0.3) is 0 Å². The fourth-order valence-electron chi connectivity index (χ4n) is 1.09. The molecule has 0 radical (unpaired) electrons. The van der Waals surface area contributed by atoms with Crippen molar-refractivity contribution in [3.63, 3.8) is 0 Å². The molecule has 0 fully saturated rings. The Morgan fingerprint density at radius 2 is 2.06 bits per heavy atom. The standard InChI is InChI=1S/C9H7Cl3N2O4/c1-18-7-4-5(14(16)17)2-3-6(7)13-8(15)9(10,11)12/h2-4H,1H3,(H,13,15). The number of methoxy groups -OCH3 is 1. The summed E-state index contributed by atoms with van der Waals surface area (Å²) in [5.74, 6) is -0.800. The number of alkyl halides is 3. The molecule has 6 nitrogen and oxygen atoms in total. The van der Waals surface area contributed by atoms with Crippen LogP contribution in [0.3, 0.4) is 0 Å². The van der Waals surface area contributed by atoms with Crippen molar-refractivity contribution in [3.8, 4) is 5.75 Å². The Morgan fingerprint density at radius 3 is 2.50 bits per heavy atom. The van der Waals surface area contributed by atoms with Gasteiger partial charge in [-0.1, -0.05) is 34.8 Å². The first kappa shape index (κ1) is 14.8. The molecule has 0 aromatic heterocycles. The van der Waals surface area contributed by atoms with Gasteiger partial charge in [0.2, 0.25) is 0 Å². The van der Waals surface area contributed by atoms with E-state index in [1.807, 2.05) is 0 Å². The second-order valence-corrected chi connectivity index (χ2v) is 5.37. The fraction of sp³-hybridized carbons (Fsp3) is 0.222. The predicted octanol–water partition coefficient (Wildman–Crippen LogP) is 2.91. The molecule has 98 valence electrons. The summed E-state index contributed by atoms with van der Waals surface area (Å²) in [6, 6.07) is 3.62. The normalized spacial score (nSPS) is 10.9. The first-order chi connectivity index (χ1) is 8.25. The van der Waals surface area contributed by atoms with E-state index in [2.05, 4.69) is 5.32 Å². The monoisotopic (exact) mass is 312 g/mol. The molecule has 0 aliphatic heterocycles. The zero-order valence-corrected chi connectivity index (χ0v) is 11.2. The molecule has 0 heterocycles. The molecule has 18 heavy (non-hydrogen) atoms. The van der Waals surface area contributed by atoms with Crippen LogP contribution in [0.15, 0.2) is 18.2 Å². The molecule has 9 heteroatoms. The number of ether oxygens (including phenoxy) is 1. The molecule has 1 amide bonds. The summed E-state index contributed by atoms with van der Waals surface area (Å²) in [7, 11) is 1.30. The Hall–Kier alpha value is -1.24. The van der Waals surface area contributed by atoms with Gasteiger partial charge in [0.25, 0.3) is 15.4 Å². The highest BCUT2D eigenvalue weighted by molar-refractivity contribution is 6.76. The predicted molar refractivity (Wildman–Crippen MR) is 68.6 cm³/mol. The van der Waals surface area contributed by atoms with Crippen LogP contribution in [0.2, 0.25) is 0 Å². The first-order valence-corrected chi connectivity index (χ1v) is 5.59. The van der Waals surface area contributed by atoms with Gasteiger partial charge in [0.1, 0.15) is 5.75 Å². The van der Waals surface area contributed by atoms with Crippen molar-refractivity contribution in [1.29, 1.82) is 0 Å². The highest BCUT2D eigenvalue weighted by Crippen LogP contribution is 2.32.